The number of nitrogens with one attached hydrogen (secondary N) is 2. The Kier molecular flexibility index (Phi) is 6.68. The van der Waals surface area contributed by atoms with Crippen molar-refractivity contribution in [1.82, 2.24) is 0 Å². The molecule has 0 radical (unpaired) electrons. The number of amides is 1. The van der Waals surface area contributed by atoms with Crippen LogP contribution in [0.25, 0.3) is 0 Å². The highest BCUT2D eigenvalue weighted by Gasteiger charge is 2.09. The Labute approximate surface area is 166 Å². The predicted octanol–water partition coefficient (Wildman–Crippen LogP) is 5.44. The van der Waals surface area contributed by atoms with Crippen molar-refractivity contribution < 1.29 is 9.53 Å². The Bertz CT molecular complexity index is 890. The monoisotopic (exact) mass is 374 g/mol. The van der Waals surface area contributed by atoms with Crippen LogP contribution in [0, 0.1) is 0 Å². The maximum Gasteiger partial charge on any atom is 0.243 e. The average molecular weight is 374 g/mol. The van der Waals surface area contributed by atoms with Crippen molar-refractivity contribution in [2.24, 2.45) is 0 Å². The largest absolute Gasteiger partial charge is 0.489 e. The predicted molar refractivity (Wildman–Crippen MR) is 115 cm³/mol. The van der Waals surface area contributed by atoms with Crippen LogP contribution >= 0.6 is 0 Å². The van der Waals surface area contributed by atoms with Crippen LogP contribution in [0.5, 0.6) is 5.75 Å². The summed E-state index contributed by atoms with van der Waals surface area (Å²) in [5.74, 6) is 1.08. The zero-order valence-corrected chi connectivity index (χ0v) is 16.3. The van der Waals surface area contributed by atoms with Gasteiger partial charge in [0, 0.05) is 11.4 Å². The van der Waals surface area contributed by atoms with Crippen LogP contribution in [0.4, 0.5) is 11.4 Å². The molecule has 0 unspecified atom stereocenters. The van der Waals surface area contributed by atoms with E-state index < -0.39 is 0 Å². The minimum Gasteiger partial charge on any atom is -0.489 e. The molecule has 4 nitrogen and oxygen atoms in total. The molecule has 3 rings (SSSR count). The molecule has 28 heavy (non-hydrogen) atoms. The van der Waals surface area contributed by atoms with E-state index in [2.05, 4.69) is 24.5 Å². The van der Waals surface area contributed by atoms with Gasteiger partial charge < -0.3 is 15.4 Å². The maximum absolute atomic E-state index is 12.3. The van der Waals surface area contributed by atoms with E-state index in [0.717, 1.165) is 28.3 Å². The second-order valence-corrected chi connectivity index (χ2v) is 6.94. The van der Waals surface area contributed by atoms with Crippen molar-refractivity contribution in [1.29, 1.82) is 0 Å². The van der Waals surface area contributed by atoms with Gasteiger partial charge in [-0.2, -0.15) is 0 Å². The second-order valence-electron chi connectivity index (χ2n) is 6.94. The minimum atomic E-state index is -0.0718. The van der Waals surface area contributed by atoms with Gasteiger partial charge in [-0.15, -0.1) is 0 Å². The molecule has 0 saturated heterocycles. The smallest absolute Gasteiger partial charge is 0.243 e. The highest BCUT2D eigenvalue weighted by molar-refractivity contribution is 5.94. The SMILES string of the molecule is CC(C)c1ccccc1NC(=O)CNc1ccc(OCc2ccccc2)cc1. The molecule has 4 heteroatoms. The third-order valence-corrected chi connectivity index (χ3v) is 4.41. The van der Waals surface area contributed by atoms with E-state index in [-0.39, 0.29) is 12.5 Å². The van der Waals surface area contributed by atoms with Crippen molar-refractivity contribution in [3.8, 4) is 5.75 Å². The van der Waals surface area contributed by atoms with Crippen LogP contribution < -0.4 is 15.4 Å². The molecule has 0 saturated carbocycles. The van der Waals surface area contributed by atoms with Gasteiger partial charge in [0.2, 0.25) is 5.91 Å². The van der Waals surface area contributed by atoms with Gasteiger partial charge in [0.1, 0.15) is 12.4 Å². The number of para-hydroxylation sites is 1. The third kappa shape index (κ3) is 5.61. The lowest BCUT2D eigenvalue weighted by Gasteiger charge is -2.14. The van der Waals surface area contributed by atoms with Crippen LogP contribution in [0.3, 0.4) is 0 Å². The molecule has 2 N–H and O–H groups in total. The summed E-state index contributed by atoms with van der Waals surface area (Å²) in [6.45, 7) is 4.97. The Morgan fingerprint density at radius 1 is 0.893 bits per heavy atom. The Morgan fingerprint density at radius 3 is 2.29 bits per heavy atom. The molecule has 0 aromatic heterocycles. The Hall–Kier alpha value is -3.27. The number of anilines is 2. The summed E-state index contributed by atoms with van der Waals surface area (Å²) in [6.07, 6.45) is 0. The molecule has 0 heterocycles. The first-order valence-electron chi connectivity index (χ1n) is 9.51. The summed E-state index contributed by atoms with van der Waals surface area (Å²) >= 11 is 0. The molecular weight excluding hydrogens is 348 g/mol. The van der Waals surface area contributed by atoms with Crippen LogP contribution in [-0.2, 0) is 11.4 Å². The average Bonchev–Trinajstić information content (AvgIpc) is 2.72. The van der Waals surface area contributed by atoms with Crippen LogP contribution in [-0.4, -0.2) is 12.5 Å². The standard InChI is InChI=1S/C24H26N2O2/c1-18(2)22-10-6-7-11-23(22)26-24(27)16-25-20-12-14-21(15-13-20)28-17-19-8-4-3-5-9-19/h3-15,18,25H,16-17H2,1-2H3,(H,26,27). The first kappa shape index (κ1) is 19.5. The third-order valence-electron chi connectivity index (χ3n) is 4.41. The molecule has 3 aromatic carbocycles. The van der Waals surface area contributed by atoms with Gasteiger partial charge in [-0.25, -0.2) is 0 Å². The number of rotatable bonds is 8. The second kappa shape index (κ2) is 9.60. The fourth-order valence-corrected chi connectivity index (χ4v) is 2.90. The number of carbonyl (C=O) groups excluding carboxylic acids is 1. The normalized spacial score (nSPS) is 10.5. The van der Waals surface area contributed by atoms with Gasteiger partial charge in [0.15, 0.2) is 0 Å². The Balaban J connectivity index is 1.49. The highest BCUT2D eigenvalue weighted by Crippen LogP contribution is 2.23. The summed E-state index contributed by atoms with van der Waals surface area (Å²) in [6, 6.07) is 25.6. The topological polar surface area (TPSA) is 50.4 Å². The van der Waals surface area contributed by atoms with Gasteiger partial charge in [-0.05, 0) is 47.4 Å². The maximum atomic E-state index is 12.3. The summed E-state index contributed by atoms with van der Waals surface area (Å²) < 4.78 is 5.78. The minimum absolute atomic E-state index is 0.0718. The fraction of sp³-hybridized carbons (Fsp3) is 0.208. The van der Waals surface area contributed by atoms with Gasteiger partial charge >= 0.3 is 0 Å². The molecule has 0 fully saturated rings. The molecule has 0 aliphatic heterocycles. The van der Waals surface area contributed by atoms with E-state index in [9.17, 15) is 4.79 Å². The summed E-state index contributed by atoms with van der Waals surface area (Å²) in [5, 5.41) is 6.13. The van der Waals surface area contributed by atoms with E-state index in [0.29, 0.717) is 12.5 Å². The molecule has 0 spiro atoms. The molecule has 0 aliphatic carbocycles. The number of hydrogen-bond acceptors (Lipinski definition) is 3. The lowest BCUT2D eigenvalue weighted by molar-refractivity contribution is -0.114. The zero-order chi connectivity index (χ0) is 19.8. The first-order valence-corrected chi connectivity index (χ1v) is 9.51. The zero-order valence-electron chi connectivity index (χ0n) is 16.3. The van der Waals surface area contributed by atoms with Gasteiger partial charge in [-0.1, -0.05) is 62.4 Å². The van der Waals surface area contributed by atoms with Crippen molar-refractivity contribution in [3.05, 3.63) is 90.0 Å². The van der Waals surface area contributed by atoms with E-state index >= 15 is 0 Å². The summed E-state index contributed by atoms with van der Waals surface area (Å²) in [7, 11) is 0. The fourth-order valence-electron chi connectivity index (χ4n) is 2.90. The molecule has 3 aromatic rings. The quantitative estimate of drug-likeness (QED) is 0.552. The summed E-state index contributed by atoms with van der Waals surface area (Å²) in [4.78, 5) is 12.3. The number of carbonyl (C=O) groups is 1. The van der Waals surface area contributed by atoms with E-state index in [1.54, 1.807) is 0 Å². The highest BCUT2D eigenvalue weighted by atomic mass is 16.5. The number of hydrogen-bond donors (Lipinski definition) is 2. The van der Waals surface area contributed by atoms with Gasteiger partial charge in [0.05, 0.1) is 6.54 Å². The van der Waals surface area contributed by atoms with Crippen LogP contribution in [0.15, 0.2) is 78.9 Å². The van der Waals surface area contributed by atoms with E-state index in [1.165, 1.54) is 0 Å². The van der Waals surface area contributed by atoms with Crippen molar-refractivity contribution >= 4 is 17.3 Å². The lowest BCUT2D eigenvalue weighted by Crippen LogP contribution is -2.22. The van der Waals surface area contributed by atoms with E-state index in [4.69, 9.17) is 4.74 Å². The van der Waals surface area contributed by atoms with Crippen LogP contribution in [0.2, 0.25) is 0 Å². The Morgan fingerprint density at radius 2 is 1.57 bits per heavy atom. The lowest BCUT2D eigenvalue weighted by atomic mass is 10.0. The van der Waals surface area contributed by atoms with Gasteiger partial charge in [-0.3, -0.25) is 4.79 Å². The molecular formula is C24H26N2O2. The molecule has 144 valence electrons. The van der Waals surface area contributed by atoms with Crippen molar-refractivity contribution in [3.63, 3.8) is 0 Å². The van der Waals surface area contributed by atoms with Crippen molar-refractivity contribution in [2.45, 2.75) is 26.4 Å². The molecule has 0 aliphatic rings. The number of benzene rings is 3. The summed E-state index contributed by atoms with van der Waals surface area (Å²) in [5.41, 5.74) is 4.01. The van der Waals surface area contributed by atoms with E-state index in [1.807, 2.05) is 78.9 Å². The first-order chi connectivity index (χ1) is 13.6. The van der Waals surface area contributed by atoms with Crippen LogP contribution in [0.1, 0.15) is 30.9 Å². The molecule has 1 amide bonds. The molecule has 0 bridgehead atoms. The number of ether oxygens (including phenoxy) is 1. The van der Waals surface area contributed by atoms with Gasteiger partial charge in [0.25, 0.3) is 0 Å². The molecule has 0 atom stereocenters. The van der Waals surface area contributed by atoms with Crippen molar-refractivity contribution in [2.75, 3.05) is 17.2 Å².